The van der Waals surface area contributed by atoms with Gasteiger partial charge in [-0.3, -0.25) is 9.98 Å². The van der Waals surface area contributed by atoms with E-state index in [9.17, 15) is 0 Å². The first kappa shape index (κ1) is 8.69. The first-order valence-corrected chi connectivity index (χ1v) is 5.34. The Kier molecular flexibility index (Phi) is 1.55. The lowest BCUT2D eigenvalue weighted by atomic mass is 10.2. The molecule has 0 saturated heterocycles. The Morgan fingerprint density at radius 1 is 1.35 bits per heavy atom. The summed E-state index contributed by atoms with van der Waals surface area (Å²) in [5.41, 5.74) is 2.89. The van der Waals surface area contributed by atoms with Gasteiger partial charge in [0.2, 0.25) is 0 Å². The normalized spacial score (nSPS) is 19.2. The summed E-state index contributed by atoms with van der Waals surface area (Å²) in [5, 5.41) is 9.09. The molecule has 0 saturated carbocycles. The predicted molar refractivity (Wildman–Crippen MR) is 61.4 cm³/mol. The highest BCUT2D eigenvalue weighted by Crippen LogP contribution is 2.24. The molecule has 5 nitrogen and oxygen atoms in total. The third-order valence-electron chi connectivity index (χ3n) is 2.93. The van der Waals surface area contributed by atoms with Gasteiger partial charge in [-0.25, -0.2) is 0 Å². The van der Waals surface area contributed by atoms with Crippen LogP contribution in [0.4, 0.5) is 5.69 Å². The zero-order valence-corrected chi connectivity index (χ0v) is 8.79. The summed E-state index contributed by atoms with van der Waals surface area (Å²) in [6.07, 6.45) is 9.17. The second kappa shape index (κ2) is 3.04. The van der Waals surface area contributed by atoms with Gasteiger partial charge in [0.1, 0.15) is 17.3 Å². The third-order valence-corrected chi connectivity index (χ3v) is 2.93. The summed E-state index contributed by atoms with van der Waals surface area (Å²) >= 11 is 0. The first-order valence-electron chi connectivity index (χ1n) is 5.34. The van der Waals surface area contributed by atoms with E-state index < -0.39 is 0 Å². The molecule has 0 spiro atoms. The number of rotatable bonds is 1. The number of allylic oxidation sites excluding steroid dienone is 1. The lowest BCUT2D eigenvalue weighted by molar-refractivity contribution is 0.408. The molecular weight excluding hydrogens is 216 g/mol. The van der Waals surface area contributed by atoms with E-state index in [4.69, 9.17) is 4.52 Å². The van der Waals surface area contributed by atoms with Crippen molar-refractivity contribution < 1.29 is 4.52 Å². The van der Waals surface area contributed by atoms with E-state index >= 15 is 0 Å². The standard InChI is InChI=1S/C12H8N4O/c1-2-7-8(3-1)13-6-10-11(7)15-12(14-10)9-4-5-17-16-9/h1-6,12,15H. The summed E-state index contributed by atoms with van der Waals surface area (Å²) in [7, 11) is 0. The highest BCUT2D eigenvalue weighted by molar-refractivity contribution is 5.75. The molecule has 2 aromatic heterocycles. The molecule has 1 N–H and O–H groups in total. The lowest BCUT2D eigenvalue weighted by Gasteiger charge is -2.06. The van der Waals surface area contributed by atoms with Crippen molar-refractivity contribution in [1.82, 2.24) is 10.1 Å². The number of hydrogen-bond donors (Lipinski definition) is 1. The van der Waals surface area contributed by atoms with Gasteiger partial charge in [-0.2, -0.15) is 0 Å². The SMILES string of the molecule is C1=Cc2c3c(cnc2=C1)=NC(c1ccon1)N3. The summed E-state index contributed by atoms with van der Waals surface area (Å²) in [6.45, 7) is 0. The molecule has 4 rings (SSSR count). The van der Waals surface area contributed by atoms with Crippen molar-refractivity contribution >= 4 is 17.8 Å². The Balaban J connectivity index is 1.87. The number of anilines is 1. The van der Waals surface area contributed by atoms with Crippen LogP contribution in [0.5, 0.6) is 0 Å². The molecular formula is C12H8N4O. The van der Waals surface area contributed by atoms with Crippen LogP contribution in [0.25, 0.3) is 12.2 Å². The van der Waals surface area contributed by atoms with Crippen LogP contribution in [-0.2, 0) is 0 Å². The van der Waals surface area contributed by atoms with Crippen molar-refractivity contribution in [2.24, 2.45) is 4.99 Å². The topological polar surface area (TPSA) is 63.3 Å². The summed E-state index contributed by atoms with van der Waals surface area (Å²) in [4.78, 5) is 8.88. The molecule has 1 atom stereocenters. The molecule has 2 aliphatic rings. The summed E-state index contributed by atoms with van der Waals surface area (Å²) in [6, 6.07) is 1.81. The van der Waals surface area contributed by atoms with E-state index in [1.165, 1.54) is 0 Å². The number of pyridine rings is 1. The van der Waals surface area contributed by atoms with Gasteiger partial charge >= 0.3 is 0 Å². The Hall–Kier alpha value is -2.43. The van der Waals surface area contributed by atoms with E-state index in [0.29, 0.717) is 0 Å². The molecule has 1 unspecified atom stereocenters. The van der Waals surface area contributed by atoms with Gasteiger partial charge in [0.05, 0.1) is 17.2 Å². The highest BCUT2D eigenvalue weighted by atomic mass is 16.5. The quantitative estimate of drug-likeness (QED) is 0.771. The maximum atomic E-state index is 4.83. The molecule has 0 bridgehead atoms. The third kappa shape index (κ3) is 1.16. The second-order valence-electron chi connectivity index (χ2n) is 3.94. The second-order valence-corrected chi connectivity index (χ2v) is 3.94. The van der Waals surface area contributed by atoms with Gasteiger partial charge < -0.3 is 9.84 Å². The number of nitrogens with zero attached hydrogens (tertiary/aromatic N) is 3. The number of nitrogens with one attached hydrogen (secondary N) is 1. The van der Waals surface area contributed by atoms with Crippen molar-refractivity contribution in [2.75, 3.05) is 5.32 Å². The molecule has 0 aromatic carbocycles. The molecule has 1 aliphatic heterocycles. The maximum Gasteiger partial charge on any atom is 0.166 e. The van der Waals surface area contributed by atoms with Gasteiger partial charge in [-0.05, 0) is 6.08 Å². The van der Waals surface area contributed by atoms with Crippen LogP contribution in [0.2, 0.25) is 0 Å². The van der Waals surface area contributed by atoms with Gasteiger partial charge in [0.15, 0.2) is 6.17 Å². The number of hydrogen-bond acceptors (Lipinski definition) is 5. The minimum atomic E-state index is -0.175. The molecule has 82 valence electrons. The van der Waals surface area contributed by atoms with Crippen LogP contribution < -0.4 is 16.0 Å². The Labute approximate surface area is 96.2 Å². The molecule has 1 aliphatic carbocycles. The summed E-state index contributed by atoms with van der Waals surface area (Å²) in [5.74, 6) is 0. The van der Waals surface area contributed by atoms with Crippen molar-refractivity contribution in [3.63, 3.8) is 0 Å². The first-order chi connectivity index (χ1) is 8.42. The van der Waals surface area contributed by atoms with Crippen molar-refractivity contribution in [3.8, 4) is 0 Å². The van der Waals surface area contributed by atoms with Crippen molar-refractivity contribution in [1.29, 1.82) is 0 Å². The van der Waals surface area contributed by atoms with Gasteiger partial charge in [0.25, 0.3) is 0 Å². The Bertz CT molecular complexity index is 731. The number of fused-ring (bicyclic) bond motifs is 3. The fraction of sp³-hybridized carbons (Fsp3) is 0.0833. The fourth-order valence-electron chi connectivity index (χ4n) is 2.13. The van der Waals surface area contributed by atoms with E-state index in [1.807, 2.05) is 24.3 Å². The molecule has 0 fully saturated rings. The zero-order chi connectivity index (χ0) is 11.2. The van der Waals surface area contributed by atoms with E-state index in [-0.39, 0.29) is 6.17 Å². The number of aromatic nitrogens is 2. The van der Waals surface area contributed by atoms with Crippen LogP contribution >= 0.6 is 0 Å². The Morgan fingerprint density at radius 3 is 3.24 bits per heavy atom. The van der Waals surface area contributed by atoms with E-state index in [0.717, 1.165) is 27.7 Å². The van der Waals surface area contributed by atoms with Crippen molar-refractivity contribution in [2.45, 2.75) is 6.17 Å². The van der Waals surface area contributed by atoms with Gasteiger partial charge in [-0.15, -0.1) is 0 Å². The largest absolute Gasteiger partial charge is 0.364 e. The molecule has 0 radical (unpaired) electrons. The fourth-order valence-corrected chi connectivity index (χ4v) is 2.13. The molecule has 5 heteroatoms. The minimum absolute atomic E-state index is 0.175. The maximum absolute atomic E-state index is 4.83. The molecule has 17 heavy (non-hydrogen) atoms. The average molecular weight is 224 g/mol. The van der Waals surface area contributed by atoms with Gasteiger partial charge in [0, 0.05) is 11.6 Å². The molecule has 3 heterocycles. The highest BCUT2D eigenvalue weighted by Gasteiger charge is 2.22. The van der Waals surface area contributed by atoms with Gasteiger partial charge in [-0.1, -0.05) is 17.3 Å². The molecule has 2 aromatic rings. The van der Waals surface area contributed by atoms with Crippen molar-refractivity contribution in [3.05, 3.63) is 46.6 Å². The van der Waals surface area contributed by atoms with Crippen LogP contribution in [-0.4, -0.2) is 10.1 Å². The van der Waals surface area contributed by atoms with E-state index in [1.54, 1.807) is 12.5 Å². The van der Waals surface area contributed by atoms with Crippen LogP contribution in [0.3, 0.4) is 0 Å². The monoisotopic (exact) mass is 224 g/mol. The van der Waals surface area contributed by atoms with Crippen LogP contribution in [0, 0.1) is 0 Å². The lowest BCUT2D eigenvalue weighted by Crippen LogP contribution is -2.17. The Morgan fingerprint density at radius 2 is 2.35 bits per heavy atom. The van der Waals surface area contributed by atoms with Crippen LogP contribution in [0.15, 0.2) is 34.1 Å². The predicted octanol–water partition coefficient (Wildman–Crippen LogP) is 0.621. The zero-order valence-electron chi connectivity index (χ0n) is 8.79. The summed E-state index contributed by atoms with van der Waals surface area (Å²) < 4.78 is 4.83. The molecule has 0 amide bonds. The van der Waals surface area contributed by atoms with E-state index in [2.05, 4.69) is 20.4 Å². The smallest absolute Gasteiger partial charge is 0.166 e. The minimum Gasteiger partial charge on any atom is -0.364 e. The van der Waals surface area contributed by atoms with Crippen LogP contribution in [0.1, 0.15) is 17.4 Å². The average Bonchev–Trinajstić information content (AvgIpc) is 3.08.